The largest absolute Gasteiger partial charge is 0.381 e. The quantitative estimate of drug-likeness (QED) is 0.222. The molecule has 0 atom stereocenters. The van der Waals surface area contributed by atoms with Gasteiger partial charge < -0.3 is 20.7 Å². The molecule has 224 valence electrons. The van der Waals surface area contributed by atoms with Crippen molar-refractivity contribution < 1.29 is 23.5 Å². The third kappa shape index (κ3) is 6.56. The van der Waals surface area contributed by atoms with E-state index in [1.165, 1.54) is 18.2 Å². The summed E-state index contributed by atoms with van der Waals surface area (Å²) >= 11 is 0. The molecule has 0 saturated carbocycles. The van der Waals surface area contributed by atoms with Gasteiger partial charge in [0.2, 0.25) is 0 Å². The lowest BCUT2D eigenvalue weighted by atomic mass is 10.0. The maximum absolute atomic E-state index is 14.4. The summed E-state index contributed by atoms with van der Waals surface area (Å²) in [5, 5.41) is 14.8. The molecule has 0 radical (unpaired) electrons. The molecular weight excluding hydrogens is 551 g/mol. The second kappa shape index (κ2) is 13.6. The lowest BCUT2D eigenvalue weighted by Crippen LogP contribution is -2.30. The number of halogens is 1. The zero-order chi connectivity index (χ0) is 30.3. The Bertz CT molecular complexity index is 1650. The molecule has 11 heteroatoms. The molecule has 1 aliphatic heterocycles. The van der Waals surface area contributed by atoms with E-state index in [1.54, 1.807) is 24.3 Å². The number of hydrogen-bond donors (Lipinski definition) is 3. The lowest BCUT2D eigenvalue weighted by Gasteiger charge is -2.26. The van der Waals surface area contributed by atoms with Crippen molar-refractivity contribution in [2.24, 2.45) is 0 Å². The lowest BCUT2D eigenvalue weighted by molar-refractivity contribution is 0.0904. The van der Waals surface area contributed by atoms with Gasteiger partial charge in [0.15, 0.2) is 11.9 Å². The van der Waals surface area contributed by atoms with Crippen molar-refractivity contribution in [3.05, 3.63) is 88.0 Å². The standard InChI is InChI=1S/C32H35FN6O4/c1-3-27-25(29(37-24-11-13-43-14-12-24)26-18-36-39(4-2)30(26)38-27)17-35-32(42)21-8-5-7-20(15-21)31(41)34-16-22-9-6-10-23(19-40)28(22)33/h5-10,15,18-19,24H,3-4,11-14,16-17H2,1-2H3,(H,34,41)(H,35,42)(H,37,38). The molecule has 2 amide bonds. The zero-order valence-corrected chi connectivity index (χ0v) is 24.3. The van der Waals surface area contributed by atoms with Crippen LogP contribution in [0.4, 0.5) is 10.1 Å². The monoisotopic (exact) mass is 586 g/mol. The summed E-state index contributed by atoms with van der Waals surface area (Å²) in [5.74, 6) is -1.48. The number of aromatic nitrogens is 3. The number of carbonyl (C=O) groups is 3. The fourth-order valence-corrected chi connectivity index (χ4v) is 5.28. The Hall–Kier alpha value is -4.64. The molecule has 0 bridgehead atoms. The number of hydrogen-bond acceptors (Lipinski definition) is 7. The predicted octanol–water partition coefficient (Wildman–Crippen LogP) is 4.42. The van der Waals surface area contributed by atoms with E-state index >= 15 is 0 Å². The highest BCUT2D eigenvalue weighted by Crippen LogP contribution is 2.31. The SMILES string of the molecule is CCc1nc2c(cnn2CC)c(NC2CCOCC2)c1CNC(=O)c1cccc(C(=O)NCc2cccc(C=O)c2F)c1. The van der Waals surface area contributed by atoms with Crippen LogP contribution in [0.1, 0.15) is 74.6 Å². The second-order valence-electron chi connectivity index (χ2n) is 10.4. The molecule has 4 aromatic rings. The zero-order valence-electron chi connectivity index (χ0n) is 24.3. The summed E-state index contributed by atoms with van der Waals surface area (Å²) in [6, 6.07) is 11.0. The first-order valence-electron chi connectivity index (χ1n) is 14.5. The minimum Gasteiger partial charge on any atom is -0.381 e. The summed E-state index contributed by atoms with van der Waals surface area (Å²) in [6.45, 7) is 6.26. The van der Waals surface area contributed by atoms with Crippen molar-refractivity contribution >= 4 is 34.8 Å². The van der Waals surface area contributed by atoms with E-state index in [0.717, 1.165) is 40.8 Å². The van der Waals surface area contributed by atoms with E-state index in [4.69, 9.17) is 9.72 Å². The Morgan fingerprint density at radius 1 is 1.05 bits per heavy atom. The van der Waals surface area contributed by atoms with Crippen LogP contribution in [0.2, 0.25) is 0 Å². The molecule has 5 rings (SSSR count). The van der Waals surface area contributed by atoms with Crippen LogP contribution in [0, 0.1) is 5.82 Å². The number of aryl methyl sites for hydroxylation is 2. The fourth-order valence-electron chi connectivity index (χ4n) is 5.28. The minimum absolute atomic E-state index is 0.0729. The van der Waals surface area contributed by atoms with Crippen molar-refractivity contribution in [1.29, 1.82) is 0 Å². The summed E-state index contributed by atoms with van der Waals surface area (Å²) in [5.41, 5.74) is 4.19. The molecule has 3 heterocycles. The molecule has 3 N–H and O–H groups in total. The van der Waals surface area contributed by atoms with E-state index in [-0.39, 0.29) is 41.7 Å². The number of nitrogens with one attached hydrogen (secondary N) is 3. The van der Waals surface area contributed by atoms with Gasteiger partial charge in [-0.15, -0.1) is 0 Å². The molecule has 43 heavy (non-hydrogen) atoms. The summed E-state index contributed by atoms with van der Waals surface area (Å²) in [4.78, 5) is 42.1. The number of carbonyl (C=O) groups excluding carboxylic acids is 3. The van der Waals surface area contributed by atoms with Gasteiger partial charge in [-0.05, 0) is 50.5 Å². The van der Waals surface area contributed by atoms with Crippen LogP contribution in [0.3, 0.4) is 0 Å². The first-order chi connectivity index (χ1) is 20.9. The number of aldehydes is 1. The van der Waals surface area contributed by atoms with Crippen LogP contribution in [0.25, 0.3) is 11.0 Å². The first kappa shape index (κ1) is 29.8. The van der Waals surface area contributed by atoms with Crippen LogP contribution < -0.4 is 16.0 Å². The summed E-state index contributed by atoms with van der Waals surface area (Å²) < 4.78 is 21.8. The molecule has 1 saturated heterocycles. The smallest absolute Gasteiger partial charge is 0.251 e. The average Bonchev–Trinajstić information content (AvgIpc) is 3.46. The number of benzene rings is 2. The molecule has 2 aromatic carbocycles. The van der Waals surface area contributed by atoms with Crippen molar-refractivity contribution in [1.82, 2.24) is 25.4 Å². The number of fused-ring (bicyclic) bond motifs is 1. The number of amides is 2. The molecule has 2 aromatic heterocycles. The molecule has 0 unspecified atom stereocenters. The van der Waals surface area contributed by atoms with Crippen LogP contribution in [-0.4, -0.2) is 52.1 Å². The first-order valence-corrected chi connectivity index (χ1v) is 14.5. The maximum Gasteiger partial charge on any atom is 0.251 e. The van der Waals surface area contributed by atoms with Gasteiger partial charge in [-0.2, -0.15) is 5.10 Å². The van der Waals surface area contributed by atoms with Gasteiger partial charge in [0.05, 0.1) is 22.8 Å². The van der Waals surface area contributed by atoms with Gasteiger partial charge in [0, 0.05) is 66.8 Å². The molecule has 0 aliphatic carbocycles. The maximum atomic E-state index is 14.4. The number of rotatable bonds is 11. The molecule has 0 spiro atoms. The highest BCUT2D eigenvalue weighted by Gasteiger charge is 2.22. The molecule has 10 nitrogen and oxygen atoms in total. The highest BCUT2D eigenvalue weighted by molar-refractivity contribution is 6.00. The number of pyridine rings is 1. The fraction of sp³-hybridized carbons (Fsp3) is 0.344. The number of anilines is 1. The van der Waals surface area contributed by atoms with Gasteiger partial charge in [-0.1, -0.05) is 25.1 Å². The normalized spacial score (nSPS) is 13.6. The van der Waals surface area contributed by atoms with Crippen LogP contribution >= 0.6 is 0 Å². The van der Waals surface area contributed by atoms with E-state index in [0.29, 0.717) is 38.0 Å². The average molecular weight is 587 g/mol. The highest BCUT2D eigenvalue weighted by atomic mass is 19.1. The topological polar surface area (TPSA) is 127 Å². The molecular formula is C32H35FN6O4. The number of nitrogens with zero attached hydrogens (tertiary/aromatic N) is 3. The predicted molar refractivity (Wildman–Crippen MR) is 161 cm³/mol. The van der Waals surface area contributed by atoms with E-state index < -0.39 is 11.7 Å². The van der Waals surface area contributed by atoms with Gasteiger partial charge in [-0.25, -0.2) is 14.1 Å². The minimum atomic E-state index is -0.669. The Morgan fingerprint density at radius 2 is 1.74 bits per heavy atom. The van der Waals surface area contributed by atoms with Gasteiger partial charge in [-0.3, -0.25) is 14.4 Å². The Labute approximate surface area is 249 Å². The van der Waals surface area contributed by atoms with Crippen LogP contribution in [-0.2, 0) is 30.8 Å². The molecule has 1 fully saturated rings. The van der Waals surface area contributed by atoms with Crippen molar-refractivity contribution in [3.63, 3.8) is 0 Å². The van der Waals surface area contributed by atoms with Crippen molar-refractivity contribution in [3.8, 4) is 0 Å². The Kier molecular flexibility index (Phi) is 9.41. The van der Waals surface area contributed by atoms with E-state index in [1.807, 2.05) is 24.7 Å². The second-order valence-corrected chi connectivity index (χ2v) is 10.4. The van der Waals surface area contributed by atoms with E-state index in [2.05, 4.69) is 21.0 Å². The summed E-state index contributed by atoms with van der Waals surface area (Å²) in [7, 11) is 0. The van der Waals surface area contributed by atoms with Crippen LogP contribution in [0.15, 0.2) is 48.7 Å². The van der Waals surface area contributed by atoms with E-state index in [9.17, 15) is 18.8 Å². The Morgan fingerprint density at radius 3 is 2.42 bits per heavy atom. The third-order valence-corrected chi connectivity index (χ3v) is 7.66. The number of ether oxygens (including phenoxy) is 1. The summed E-state index contributed by atoms with van der Waals surface area (Å²) in [6.07, 6.45) is 4.68. The van der Waals surface area contributed by atoms with Crippen molar-refractivity contribution in [2.45, 2.75) is 58.8 Å². The van der Waals surface area contributed by atoms with Crippen molar-refractivity contribution in [2.75, 3.05) is 18.5 Å². The van der Waals surface area contributed by atoms with Gasteiger partial charge in [0.1, 0.15) is 5.82 Å². The Balaban J connectivity index is 1.33. The van der Waals surface area contributed by atoms with Crippen LogP contribution in [0.5, 0.6) is 0 Å². The third-order valence-electron chi connectivity index (χ3n) is 7.66. The molecule has 1 aliphatic rings. The van der Waals surface area contributed by atoms with Gasteiger partial charge in [0.25, 0.3) is 11.8 Å². The van der Waals surface area contributed by atoms with Gasteiger partial charge >= 0.3 is 0 Å².